The Bertz CT molecular complexity index is 295. The monoisotopic (exact) mass is 192 g/mol. The van der Waals surface area contributed by atoms with Crippen molar-refractivity contribution in [2.45, 2.75) is 13.1 Å². The molecule has 1 rings (SSSR count). The molecule has 4 heteroatoms. The average Bonchev–Trinajstić information content (AvgIpc) is 2.30. The van der Waals surface area contributed by atoms with Crippen molar-refractivity contribution >= 4 is 16.9 Å². The highest BCUT2D eigenvalue weighted by atomic mass is 32.1. The zero-order chi connectivity index (χ0) is 9.35. The van der Waals surface area contributed by atoms with Crippen LogP contribution in [0, 0.1) is 0 Å². The fourth-order valence-electron chi connectivity index (χ4n) is 0.720. The first-order valence-electron chi connectivity index (χ1n) is 3.24. The zero-order valence-electron chi connectivity index (χ0n) is 6.40. The molecular weight excluding hydrogens is 185 g/mol. The summed E-state index contributed by atoms with van der Waals surface area (Å²) in [5.74, 6) is 0. The van der Waals surface area contributed by atoms with Gasteiger partial charge in [0.25, 0.3) is 0 Å². The summed E-state index contributed by atoms with van der Waals surface area (Å²) in [4.78, 5) is 0.0165. The number of hydrogen-bond donors (Lipinski definition) is 0. The molecule has 1 aromatic rings. The maximum absolute atomic E-state index is 12.0. The highest BCUT2D eigenvalue weighted by Gasteiger charge is 2.32. The number of allylic oxidation sites excluding steroid dienone is 1. The lowest BCUT2D eigenvalue weighted by Gasteiger charge is -2.00. The predicted molar refractivity (Wildman–Crippen MR) is 44.0 cm³/mol. The molecule has 1 heterocycles. The SMILES string of the molecule is C=C(C)c1ccc(C(F)(F)F)s1. The maximum Gasteiger partial charge on any atom is 0.425 e. The molecule has 0 aliphatic carbocycles. The smallest absolute Gasteiger partial charge is 0.165 e. The molecule has 0 amide bonds. The van der Waals surface area contributed by atoms with E-state index in [0.717, 1.165) is 17.4 Å². The van der Waals surface area contributed by atoms with E-state index >= 15 is 0 Å². The second kappa shape index (κ2) is 2.94. The Morgan fingerprint density at radius 3 is 2.25 bits per heavy atom. The van der Waals surface area contributed by atoms with Crippen molar-refractivity contribution in [3.05, 3.63) is 28.5 Å². The van der Waals surface area contributed by atoms with E-state index in [-0.39, 0.29) is 0 Å². The summed E-state index contributed by atoms with van der Waals surface area (Å²) in [6.45, 7) is 5.25. The maximum atomic E-state index is 12.0. The summed E-state index contributed by atoms with van der Waals surface area (Å²) >= 11 is 0.723. The van der Waals surface area contributed by atoms with E-state index in [1.165, 1.54) is 6.07 Å². The Balaban J connectivity index is 3.00. The van der Waals surface area contributed by atoms with Crippen molar-refractivity contribution in [3.63, 3.8) is 0 Å². The number of hydrogen-bond acceptors (Lipinski definition) is 1. The van der Waals surface area contributed by atoms with Crippen LogP contribution in [-0.2, 0) is 6.18 Å². The van der Waals surface area contributed by atoms with Gasteiger partial charge in [-0.3, -0.25) is 0 Å². The summed E-state index contributed by atoms with van der Waals surface area (Å²) in [5, 5.41) is 0. The molecule has 0 spiro atoms. The molecule has 0 unspecified atom stereocenters. The first kappa shape index (κ1) is 9.32. The topological polar surface area (TPSA) is 0 Å². The number of alkyl halides is 3. The Labute approximate surface area is 72.3 Å². The van der Waals surface area contributed by atoms with E-state index in [4.69, 9.17) is 0 Å². The molecule has 0 N–H and O–H groups in total. The van der Waals surface area contributed by atoms with Crippen LogP contribution in [0.15, 0.2) is 18.7 Å². The van der Waals surface area contributed by atoms with Crippen LogP contribution in [0.2, 0.25) is 0 Å². The van der Waals surface area contributed by atoms with Gasteiger partial charge >= 0.3 is 6.18 Å². The van der Waals surface area contributed by atoms with Gasteiger partial charge in [0.05, 0.1) is 0 Å². The predicted octanol–water partition coefficient (Wildman–Crippen LogP) is 3.80. The molecule has 0 nitrogen and oxygen atoms in total. The third-order valence-electron chi connectivity index (χ3n) is 1.31. The van der Waals surface area contributed by atoms with Gasteiger partial charge in [-0.05, 0) is 24.6 Å². The van der Waals surface area contributed by atoms with Gasteiger partial charge in [0.15, 0.2) is 0 Å². The molecule has 1 aromatic heterocycles. The van der Waals surface area contributed by atoms with Gasteiger partial charge in [-0.25, -0.2) is 0 Å². The fraction of sp³-hybridized carbons (Fsp3) is 0.250. The molecule has 0 fully saturated rings. The van der Waals surface area contributed by atoms with Crippen LogP contribution in [0.1, 0.15) is 16.7 Å². The van der Waals surface area contributed by atoms with E-state index in [1.54, 1.807) is 6.92 Å². The van der Waals surface area contributed by atoms with Crippen LogP contribution in [-0.4, -0.2) is 0 Å². The number of rotatable bonds is 1. The van der Waals surface area contributed by atoms with E-state index < -0.39 is 11.1 Å². The molecule has 0 saturated carbocycles. The first-order chi connectivity index (χ1) is 5.41. The summed E-state index contributed by atoms with van der Waals surface area (Å²) in [5.41, 5.74) is 0.663. The van der Waals surface area contributed by atoms with Crippen LogP contribution in [0.3, 0.4) is 0 Å². The highest BCUT2D eigenvalue weighted by molar-refractivity contribution is 7.13. The van der Waals surface area contributed by atoms with E-state index in [0.29, 0.717) is 10.5 Å². The molecule has 0 saturated heterocycles. The van der Waals surface area contributed by atoms with Crippen molar-refractivity contribution < 1.29 is 13.2 Å². The molecule has 0 atom stereocenters. The van der Waals surface area contributed by atoms with Crippen molar-refractivity contribution in [1.82, 2.24) is 0 Å². The minimum absolute atomic E-state index is 0.569. The Morgan fingerprint density at radius 2 is 2.00 bits per heavy atom. The van der Waals surface area contributed by atoms with E-state index in [1.807, 2.05) is 0 Å². The van der Waals surface area contributed by atoms with Crippen molar-refractivity contribution in [2.75, 3.05) is 0 Å². The second-order valence-electron chi connectivity index (χ2n) is 2.44. The standard InChI is InChI=1S/C8H7F3S/c1-5(2)6-3-4-7(12-6)8(9,10)11/h3-4H,1H2,2H3. The number of halogens is 3. The highest BCUT2D eigenvalue weighted by Crippen LogP contribution is 2.36. The average molecular weight is 192 g/mol. The fourth-order valence-corrected chi connectivity index (χ4v) is 1.52. The molecule has 0 bridgehead atoms. The molecule has 66 valence electrons. The largest absolute Gasteiger partial charge is 0.425 e. The van der Waals surface area contributed by atoms with E-state index in [2.05, 4.69) is 6.58 Å². The van der Waals surface area contributed by atoms with Gasteiger partial charge in [0, 0.05) is 4.88 Å². The Morgan fingerprint density at radius 1 is 1.42 bits per heavy atom. The third kappa shape index (κ3) is 1.88. The van der Waals surface area contributed by atoms with E-state index in [9.17, 15) is 13.2 Å². The minimum atomic E-state index is -4.22. The normalized spacial score (nSPS) is 11.7. The lowest BCUT2D eigenvalue weighted by molar-refractivity contribution is -0.134. The molecule has 0 radical (unpaired) electrons. The van der Waals surface area contributed by atoms with Gasteiger partial charge in [-0.2, -0.15) is 13.2 Å². The molecule has 12 heavy (non-hydrogen) atoms. The van der Waals surface area contributed by atoms with Crippen molar-refractivity contribution in [2.24, 2.45) is 0 Å². The molecule has 0 aliphatic rings. The summed E-state index contributed by atoms with van der Waals surface area (Å²) < 4.78 is 36.1. The van der Waals surface area contributed by atoms with Gasteiger partial charge in [-0.15, -0.1) is 11.3 Å². The lowest BCUT2D eigenvalue weighted by atomic mass is 10.3. The molecule has 0 aromatic carbocycles. The Kier molecular flexibility index (Phi) is 2.28. The van der Waals surface area contributed by atoms with Gasteiger partial charge < -0.3 is 0 Å². The van der Waals surface area contributed by atoms with Gasteiger partial charge in [0.1, 0.15) is 4.88 Å². The Hall–Kier alpha value is -0.770. The van der Waals surface area contributed by atoms with Gasteiger partial charge in [-0.1, -0.05) is 6.58 Å². The van der Waals surface area contributed by atoms with Crippen LogP contribution >= 0.6 is 11.3 Å². The summed E-state index contributed by atoms with van der Waals surface area (Å²) in [6.07, 6.45) is -4.22. The molecular formula is C8H7F3S. The van der Waals surface area contributed by atoms with Crippen LogP contribution < -0.4 is 0 Å². The number of thiophene rings is 1. The summed E-state index contributed by atoms with van der Waals surface area (Å²) in [6, 6.07) is 2.52. The van der Waals surface area contributed by atoms with Crippen molar-refractivity contribution in [3.8, 4) is 0 Å². The van der Waals surface area contributed by atoms with Gasteiger partial charge in [0.2, 0.25) is 0 Å². The zero-order valence-corrected chi connectivity index (χ0v) is 7.22. The second-order valence-corrected chi connectivity index (χ2v) is 3.53. The molecule has 0 aliphatic heterocycles. The quantitative estimate of drug-likeness (QED) is 0.634. The third-order valence-corrected chi connectivity index (χ3v) is 2.60. The minimum Gasteiger partial charge on any atom is -0.165 e. The van der Waals surface area contributed by atoms with Crippen LogP contribution in [0.5, 0.6) is 0 Å². The van der Waals surface area contributed by atoms with Crippen LogP contribution in [0.4, 0.5) is 13.2 Å². The van der Waals surface area contributed by atoms with Crippen molar-refractivity contribution in [1.29, 1.82) is 0 Å². The first-order valence-corrected chi connectivity index (χ1v) is 4.06. The summed E-state index contributed by atoms with van der Waals surface area (Å²) in [7, 11) is 0. The van der Waals surface area contributed by atoms with Crippen LogP contribution in [0.25, 0.3) is 5.57 Å². The lowest BCUT2D eigenvalue weighted by Crippen LogP contribution is -2.00.